The zero-order valence-electron chi connectivity index (χ0n) is 10.8. The third kappa shape index (κ3) is 3.37. The molecule has 88 valence electrons. The first-order valence-corrected chi connectivity index (χ1v) is 5.64. The van der Waals surface area contributed by atoms with Gasteiger partial charge in [-0.15, -0.1) is 0 Å². The van der Waals surface area contributed by atoms with E-state index in [-0.39, 0.29) is 11.9 Å². The van der Waals surface area contributed by atoms with Gasteiger partial charge in [-0.05, 0) is 57.4 Å². The highest BCUT2D eigenvalue weighted by molar-refractivity contribution is 5.75. The molecule has 0 fully saturated rings. The van der Waals surface area contributed by atoms with Crippen LogP contribution in [0.1, 0.15) is 37.0 Å². The first-order chi connectivity index (χ1) is 7.40. The lowest BCUT2D eigenvalue weighted by atomic mass is 10.1. The van der Waals surface area contributed by atoms with Crippen molar-refractivity contribution in [2.24, 2.45) is 0 Å². The van der Waals surface area contributed by atoms with E-state index in [1.165, 1.54) is 11.1 Å². The molecule has 0 saturated carbocycles. The van der Waals surface area contributed by atoms with E-state index >= 15 is 0 Å². The molecule has 0 aliphatic heterocycles. The first kappa shape index (κ1) is 12.8. The van der Waals surface area contributed by atoms with Gasteiger partial charge in [-0.3, -0.25) is 4.79 Å². The van der Waals surface area contributed by atoms with E-state index in [0.717, 1.165) is 11.3 Å². The Balaban J connectivity index is 2.84. The topological polar surface area (TPSA) is 26.3 Å². The van der Waals surface area contributed by atoms with Gasteiger partial charge in [0.25, 0.3) is 0 Å². The van der Waals surface area contributed by atoms with Crippen molar-refractivity contribution >= 4 is 5.78 Å². The molecule has 0 saturated heterocycles. The standard InChI is InChI=1S/C14H20O2/c1-9-6-10(2)13(5)14(7-9)16-12(4)8-11(3)15/h6-7,12H,8H2,1-5H3. The van der Waals surface area contributed by atoms with E-state index in [1.807, 2.05) is 19.9 Å². The highest BCUT2D eigenvalue weighted by Crippen LogP contribution is 2.24. The SMILES string of the molecule is CC(=O)CC(C)Oc1cc(C)cc(C)c1C. The van der Waals surface area contributed by atoms with E-state index < -0.39 is 0 Å². The predicted octanol–water partition coefficient (Wildman–Crippen LogP) is 3.36. The van der Waals surface area contributed by atoms with Crippen LogP contribution in [0.25, 0.3) is 0 Å². The summed E-state index contributed by atoms with van der Waals surface area (Å²) in [4.78, 5) is 11.0. The van der Waals surface area contributed by atoms with Crippen LogP contribution >= 0.6 is 0 Å². The van der Waals surface area contributed by atoms with Crippen LogP contribution in [-0.4, -0.2) is 11.9 Å². The molecule has 0 N–H and O–H groups in total. The number of hydrogen-bond donors (Lipinski definition) is 0. The minimum absolute atomic E-state index is 0.0580. The zero-order valence-corrected chi connectivity index (χ0v) is 10.8. The third-order valence-electron chi connectivity index (χ3n) is 2.67. The van der Waals surface area contributed by atoms with Gasteiger partial charge in [0.2, 0.25) is 0 Å². The Kier molecular flexibility index (Phi) is 4.11. The molecule has 16 heavy (non-hydrogen) atoms. The van der Waals surface area contributed by atoms with Crippen LogP contribution in [0.3, 0.4) is 0 Å². The summed E-state index contributed by atoms with van der Waals surface area (Å²) in [5.41, 5.74) is 3.57. The van der Waals surface area contributed by atoms with Gasteiger partial charge in [0.15, 0.2) is 0 Å². The average Bonchev–Trinajstić information content (AvgIpc) is 2.11. The molecule has 0 heterocycles. The summed E-state index contributed by atoms with van der Waals surface area (Å²) in [6, 6.07) is 4.16. The average molecular weight is 220 g/mol. The molecular formula is C14H20O2. The number of aryl methyl sites for hydroxylation is 2. The molecule has 2 heteroatoms. The van der Waals surface area contributed by atoms with Gasteiger partial charge < -0.3 is 4.74 Å². The second-order valence-electron chi connectivity index (χ2n) is 4.54. The fourth-order valence-corrected chi connectivity index (χ4v) is 1.79. The van der Waals surface area contributed by atoms with Crippen LogP contribution in [0, 0.1) is 20.8 Å². The normalized spacial score (nSPS) is 12.3. The first-order valence-electron chi connectivity index (χ1n) is 5.64. The fraction of sp³-hybridized carbons (Fsp3) is 0.500. The number of ketones is 1. The highest BCUT2D eigenvalue weighted by Gasteiger charge is 2.10. The number of benzene rings is 1. The van der Waals surface area contributed by atoms with Crippen LogP contribution in [0.5, 0.6) is 5.75 Å². The number of carbonyl (C=O) groups is 1. The molecule has 2 nitrogen and oxygen atoms in total. The van der Waals surface area contributed by atoms with Crippen molar-refractivity contribution in [1.82, 2.24) is 0 Å². The van der Waals surface area contributed by atoms with E-state index in [1.54, 1.807) is 6.92 Å². The largest absolute Gasteiger partial charge is 0.490 e. The molecule has 0 aliphatic carbocycles. The summed E-state index contributed by atoms with van der Waals surface area (Å²) in [7, 11) is 0. The molecule has 1 atom stereocenters. The predicted molar refractivity (Wildman–Crippen MR) is 66.0 cm³/mol. The summed E-state index contributed by atoms with van der Waals surface area (Å²) in [5.74, 6) is 1.06. The lowest BCUT2D eigenvalue weighted by Gasteiger charge is -2.17. The maximum Gasteiger partial charge on any atom is 0.133 e. The van der Waals surface area contributed by atoms with E-state index in [0.29, 0.717) is 6.42 Å². The Morgan fingerprint density at radius 1 is 1.31 bits per heavy atom. The van der Waals surface area contributed by atoms with E-state index in [4.69, 9.17) is 4.74 Å². The maximum absolute atomic E-state index is 11.0. The molecule has 0 amide bonds. The fourth-order valence-electron chi connectivity index (χ4n) is 1.79. The summed E-state index contributed by atoms with van der Waals surface area (Å²) >= 11 is 0. The van der Waals surface area contributed by atoms with Crippen molar-refractivity contribution in [2.45, 2.75) is 47.1 Å². The molecule has 0 radical (unpaired) electrons. The van der Waals surface area contributed by atoms with Crippen molar-refractivity contribution in [3.05, 3.63) is 28.8 Å². The van der Waals surface area contributed by atoms with Gasteiger partial charge in [-0.25, -0.2) is 0 Å². The van der Waals surface area contributed by atoms with Gasteiger partial charge in [0.1, 0.15) is 17.6 Å². The molecule has 0 aliphatic rings. The Hall–Kier alpha value is -1.31. The van der Waals surface area contributed by atoms with Crippen molar-refractivity contribution in [1.29, 1.82) is 0 Å². The van der Waals surface area contributed by atoms with Crippen LogP contribution in [0.2, 0.25) is 0 Å². The van der Waals surface area contributed by atoms with Crippen LogP contribution in [-0.2, 0) is 4.79 Å². The van der Waals surface area contributed by atoms with Gasteiger partial charge in [0, 0.05) is 6.42 Å². The molecule has 1 rings (SSSR count). The summed E-state index contributed by atoms with van der Waals surface area (Å²) in [6.45, 7) is 9.69. The third-order valence-corrected chi connectivity index (χ3v) is 2.67. The highest BCUT2D eigenvalue weighted by atomic mass is 16.5. The molecule has 0 aromatic heterocycles. The van der Waals surface area contributed by atoms with E-state index in [2.05, 4.69) is 19.9 Å². The van der Waals surface area contributed by atoms with Crippen molar-refractivity contribution < 1.29 is 9.53 Å². The molecular weight excluding hydrogens is 200 g/mol. The van der Waals surface area contributed by atoms with Crippen LogP contribution in [0.4, 0.5) is 0 Å². The second-order valence-corrected chi connectivity index (χ2v) is 4.54. The molecule has 1 aromatic carbocycles. The van der Waals surface area contributed by atoms with E-state index in [9.17, 15) is 4.79 Å². The Bertz CT molecular complexity index is 394. The van der Waals surface area contributed by atoms with Crippen molar-refractivity contribution in [3.8, 4) is 5.75 Å². The maximum atomic E-state index is 11.0. The molecule has 1 aromatic rings. The number of carbonyl (C=O) groups excluding carboxylic acids is 1. The second kappa shape index (κ2) is 5.15. The van der Waals surface area contributed by atoms with Crippen LogP contribution < -0.4 is 4.74 Å². The number of ether oxygens (including phenoxy) is 1. The van der Waals surface area contributed by atoms with Crippen LogP contribution in [0.15, 0.2) is 12.1 Å². The monoisotopic (exact) mass is 220 g/mol. The number of rotatable bonds is 4. The van der Waals surface area contributed by atoms with Gasteiger partial charge in [-0.1, -0.05) is 6.07 Å². The molecule has 0 bridgehead atoms. The minimum Gasteiger partial charge on any atom is -0.490 e. The lowest BCUT2D eigenvalue weighted by Crippen LogP contribution is -2.16. The molecule has 1 unspecified atom stereocenters. The van der Waals surface area contributed by atoms with Gasteiger partial charge in [-0.2, -0.15) is 0 Å². The zero-order chi connectivity index (χ0) is 12.3. The van der Waals surface area contributed by atoms with Gasteiger partial charge in [0.05, 0.1) is 0 Å². The number of hydrogen-bond acceptors (Lipinski definition) is 2. The Labute approximate surface area is 97.6 Å². The minimum atomic E-state index is -0.0580. The Morgan fingerprint density at radius 3 is 2.50 bits per heavy atom. The summed E-state index contributed by atoms with van der Waals surface area (Å²) in [6.07, 6.45) is 0.407. The van der Waals surface area contributed by atoms with Crippen molar-refractivity contribution in [3.63, 3.8) is 0 Å². The lowest BCUT2D eigenvalue weighted by molar-refractivity contribution is -0.118. The molecule has 0 spiro atoms. The Morgan fingerprint density at radius 2 is 1.94 bits per heavy atom. The summed E-state index contributed by atoms with van der Waals surface area (Å²) < 4.78 is 5.80. The quantitative estimate of drug-likeness (QED) is 0.777. The van der Waals surface area contributed by atoms with Gasteiger partial charge >= 0.3 is 0 Å². The smallest absolute Gasteiger partial charge is 0.133 e. The van der Waals surface area contributed by atoms with Crippen molar-refractivity contribution in [2.75, 3.05) is 0 Å². The number of Topliss-reactive ketones (excluding diaryl/α,β-unsaturated/α-hetero) is 1. The summed E-state index contributed by atoms with van der Waals surface area (Å²) in [5, 5.41) is 0.